The van der Waals surface area contributed by atoms with Crippen LogP contribution in [-0.2, 0) is 6.18 Å². The second-order valence-corrected chi connectivity index (χ2v) is 8.36. The van der Waals surface area contributed by atoms with Crippen molar-refractivity contribution >= 4 is 43.1 Å². The second-order valence-electron chi connectivity index (χ2n) is 7.31. The number of nitrogens with two attached hydrogens (primary N) is 1. The van der Waals surface area contributed by atoms with Gasteiger partial charge in [0.05, 0.1) is 22.9 Å². The van der Waals surface area contributed by atoms with Crippen LogP contribution in [0.1, 0.15) is 18.1 Å². The molecule has 0 fully saturated rings. The summed E-state index contributed by atoms with van der Waals surface area (Å²) >= 11 is 0.701. The number of hydrogen-bond donors (Lipinski definition) is 1. The molecule has 0 saturated carbocycles. The topological polar surface area (TPSA) is 88.1 Å². The number of fused-ring (bicyclic) bond motifs is 2. The first kappa shape index (κ1) is 23.4. The Morgan fingerprint density at radius 2 is 1.94 bits per heavy atom. The number of nitrogens with zero attached hydrogens (tertiary/aromatic N) is 4. The zero-order chi connectivity index (χ0) is 24.9. The average molecular weight is 493 g/mol. The lowest BCUT2D eigenvalue weighted by Crippen LogP contribution is -2.19. The van der Waals surface area contributed by atoms with Crippen molar-refractivity contribution in [1.82, 2.24) is 9.97 Å². The summed E-state index contributed by atoms with van der Waals surface area (Å²) in [7, 11) is 2.83. The van der Waals surface area contributed by atoms with Crippen molar-refractivity contribution in [2.24, 2.45) is 0 Å². The maximum Gasteiger partial charge on any atom is 0.417 e. The van der Waals surface area contributed by atoms with Crippen molar-refractivity contribution in [3.63, 3.8) is 0 Å². The molecule has 0 aliphatic rings. The van der Waals surface area contributed by atoms with E-state index in [-0.39, 0.29) is 43.4 Å². The lowest BCUT2D eigenvalue weighted by molar-refractivity contribution is -0.137. The molecule has 2 N–H and O–H groups in total. The summed E-state index contributed by atoms with van der Waals surface area (Å²) in [5.74, 6) is -2.05. The molecule has 2 heterocycles. The number of thiophene rings is 1. The highest BCUT2D eigenvalue weighted by Gasteiger charge is 2.38. The maximum atomic E-state index is 16.0. The normalized spacial score (nSPS) is 11.7. The standard InChI is InChI=1S/C22H16F5N5OS/c1-4-32(2)20-10-7-12(22(25,26)27)15(16(24)17(10)30-21(31-20)33-3)9-5-6-13(23)18-14(9)11(8-28)19(29)34-18/h5-7H,4,29H2,1-3H3. The van der Waals surface area contributed by atoms with Gasteiger partial charge < -0.3 is 15.4 Å². The summed E-state index contributed by atoms with van der Waals surface area (Å²) in [5.41, 5.74) is 2.65. The molecule has 2 aromatic heterocycles. The summed E-state index contributed by atoms with van der Waals surface area (Å²) in [5, 5.41) is 9.07. The maximum absolute atomic E-state index is 16.0. The molecule has 0 unspecified atom stereocenters. The molecule has 0 bridgehead atoms. The fraction of sp³-hybridized carbons (Fsp3) is 0.227. The Labute approximate surface area is 194 Å². The number of ether oxygens (including phenoxy) is 1. The van der Waals surface area contributed by atoms with Gasteiger partial charge in [-0.15, -0.1) is 11.3 Å². The molecule has 0 atom stereocenters. The Balaban J connectivity index is 2.24. The molecule has 12 heteroatoms. The first-order chi connectivity index (χ1) is 16.0. The molecule has 0 aliphatic carbocycles. The highest BCUT2D eigenvalue weighted by Crippen LogP contribution is 2.47. The number of halogens is 5. The van der Waals surface area contributed by atoms with Gasteiger partial charge in [0, 0.05) is 29.9 Å². The van der Waals surface area contributed by atoms with Gasteiger partial charge in [0.25, 0.3) is 0 Å². The lowest BCUT2D eigenvalue weighted by atomic mass is 9.92. The van der Waals surface area contributed by atoms with Crippen LogP contribution in [0.2, 0.25) is 0 Å². The van der Waals surface area contributed by atoms with Crippen LogP contribution in [0.4, 0.5) is 32.8 Å². The van der Waals surface area contributed by atoms with E-state index in [0.717, 1.165) is 18.2 Å². The third-order valence-electron chi connectivity index (χ3n) is 5.41. The SMILES string of the molecule is CCN(C)c1nc(OC)nc2c(F)c(-c3ccc(F)c4sc(N)c(C#N)c34)c(C(F)(F)F)cc12. The minimum absolute atomic E-state index is 0.0436. The highest BCUT2D eigenvalue weighted by molar-refractivity contribution is 7.23. The fourth-order valence-electron chi connectivity index (χ4n) is 3.72. The zero-order valence-electron chi connectivity index (χ0n) is 18.0. The van der Waals surface area contributed by atoms with Gasteiger partial charge in [-0.05, 0) is 24.6 Å². The number of rotatable bonds is 4. The predicted molar refractivity (Wildman–Crippen MR) is 120 cm³/mol. The minimum Gasteiger partial charge on any atom is -0.467 e. The Hall–Kier alpha value is -3.72. The van der Waals surface area contributed by atoms with Crippen molar-refractivity contribution in [3.05, 3.63) is 41.0 Å². The first-order valence-corrected chi connectivity index (χ1v) is 10.6. The van der Waals surface area contributed by atoms with Crippen LogP contribution in [0, 0.1) is 23.0 Å². The van der Waals surface area contributed by atoms with E-state index in [1.807, 2.05) is 0 Å². The van der Waals surface area contributed by atoms with E-state index < -0.39 is 34.5 Å². The van der Waals surface area contributed by atoms with Crippen molar-refractivity contribution in [1.29, 1.82) is 5.26 Å². The van der Waals surface area contributed by atoms with Crippen molar-refractivity contribution in [2.75, 3.05) is 31.3 Å². The Kier molecular flexibility index (Phi) is 5.69. The van der Waals surface area contributed by atoms with Crippen LogP contribution in [0.3, 0.4) is 0 Å². The minimum atomic E-state index is -5.00. The number of methoxy groups -OCH3 is 1. The Morgan fingerprint density at radius 3 is 2.53 bits per heavy atom. The molecular weight excluding hydrogens is 477 g/mol. The van der Waals surface area contributed by atoms with Crippen LogP contribution in [0.15, 0.2) is 18.2 Å². The molecule has 0 spiro atoms. The van der Waals surface area contributed by atoms with Gasteiger partial charge >= 0.3 is 12.2 Å². The molecule has 0 amide bonds. The molecule has 176 valence electrons. The first-order valence-electron chi connectivity index (χ1n) is 9.80. The van der Waals surface area contributed by atoms with E-state index in [1.165, 1.54) is 12.0 Å². The number of alkyl halides is 3. The van der Waals surface area contributed by atoms with E-state index in [4.69, 9.17) is 10.5 Å². The third-order valence-corrected chi connectivity index (χ3v) is 6.44. The highest BCUT2D eigenvalue weighted by atomic mass is 32.1. The summed E-state index contributed by atoms with van der Waals surface area (Å²) in [6.45, 7) is 2.10. The molecule has 4 aromatic rings. The number of hydrogen-bond acceptors (Lipinski definition) is 7. The number of benzene rings is 2. The smallest absolute Gasteiger partial charge is 0.417 e. The summed E-state index contributed by atoms with van der Waals surface area (Å²) in [6.07, 6.45) is -5.00. The Morgan fingerprint density at radius 1 is 1.24 bits per heavy atom. The molecule has 4 rings (SSSR count). The van der Waals surface area contributed by atoms with E-state index in [1.54, 1.807) is 20.0 Å². The zero-order valence-corrected chi connectivity index (χ0v) is 18.8. The number of anilines is 2. The molecule has 6 nitrogen and oxygen atoms in total. The van der Waals surface area contributed by atoms with Gasteiger partial charge in [-0.3, -0.25) is 0 Å². The third kappa shape index (κ3) is 3.52. The molecule has 0 radical (unpaired) electrons. The van der Waals surface area contributed by atoms with Crippen LogP contribution in [0.5, 0.6) is 6.01 Å². The molecule has 34 heavy (non-hydrogen) atoms. The van der Waals surface area contributed by atoms with Crippen LogP contribution >= 0.6 is 11.3 Å². The van der Waals surface area contributed by atoms with Gasteiger partial charge in [0.2, 0.25) is 0 Å². The molecule has 2 aromatic carbocycles. The summed E-state index contributed by atoms with van der Waals surface area (Å²) in [4.78, 5) is 9.59. The van der Waals surface area contributed by atoms with Crippen molar-refractivity contribution < 1.29 is 26.7 Å². The summed E-state index contributed by atoms with van der Waals surface area (Å²) < 4.78 is 78.2. The van der Waals surface area contributed by atoms with Crippen molar-refractivity contribution in [3.8, 4) is 23.2 Å². The van der Waals surface area contributed by atoms with Gasteiger partial charge in [0.1, 0.15) is 28.2 Å². The molecular formula is C22H16F5N5OS. The number of nitriles is 1. The van der Waals surface area contributed by atoms with Gasteiger partial charge in [-0.25, -0.2) is 8.78 Å². The second kappa shape index (κ2) is 8.25. The van der Waals surface area contributed by atoms with Gasteiger partial charge in [-0.2, -0.15) is 28.4 Å². The summed E-state index contributed by atoms with van der Waals surface area (Å²) in [6, 6.07) is 4.21. The van der Waals surface area contributed by atoms with Crippen LogP contribution in [-0.4, -0.2) is 30.7 Å². The molecule has 0 aliphatic heterocycles. The van der Waals surface area contributed by atoms with E-state index >= 15 is 4.39 Å². The van der Waals surface area contributed by atoms with E-state index in [0.29, 0.717) is 17.9 Å². The fourth-order valence-corrected chi connectivity index (χ4v) is 4.67. The van der Waals surface area contributed by atoms with Crippen LogP contribution < -0.4 is 15.4 Å². The lowest BCUT2D eigenvalue weighted by Gasteiger charge is -2.21. The van der Waals surface area contributed by atoms with E-state index in [2.05, 4.69) is 9.97 Å². The molecule has 0 saturated heterocycles. The average Bonchev–Trinajstić information content (AvgIpc) is 3.14. The Bertz CT molecular complexity index is 1490. The van der Waals surface area contributed by atoms with Crippen molar-refractivity contribution in [2.45, 2.75) is 13.1 Å². The largest absolute Gasteiger partial charge is 0.467 e. The quantitative estimate of drug-likeness (QED) is 0.366. The van der Waals surface area contributed by atoms with Gasteiger partial charge in [-0.1, -0.05) is 6.07 Å². The predicted octanol–water partition coefficient (Wildman–Crippen LogP) is 5.73. The number of nitrogen functional groups attached to an aromatic ring is 1. The monoisotopic (exact) mass is 493 g/mol. The van der Waals surface area contributed by atoms with Gasteiger partial charge in [0.15, 0.2) is 5.82 Å². The van der Waals surface area contributed by atoms with Crippen LogP contribution in [0.25, 0.3) is 32.1 Å². The number of aromatic nitrogens is 2. The van der Waals surface area contributed by atoms with E-state index in [9.17, 15) is 22.8 Å².